The molecule has 0 aromatic rings. The van der Waals surface area contributed by atoms with E-state index in [1.165, 1.54) is 0 Å². The molecule has 11 heteroatoms. The highest BCUT2D eigenvalue weighted by Crippen LogP contribution is 2.36. The van der Waals surface area contributed by atoms with Crippen LogP contribution < -0.4 is 21.9 Å². The standard InChI is InChI=1S/C17H29F5N4O2/c1-8-5-3-2-4-6-10(17(20,21)22)15-25-26-16(28-15)12-11(23)7-9(13(18)19)14(24-12)27-8/h8-16,24-26H,2-7,23H2,1H3/t8-,9?,10-,11?,12?,14?,15?,16?/m1/s1. The molecule has 3 aliphatic rings. The van der Waals surface area contributed by atoms with Crippen molar-refractivity contribution < 1.29 is 31.4 Å². The highest BCUT2D eigenvalue weighted by Gasteiger charge is 2.51. The van der Waals surface area contributed by atoms with Gasteiger partial charge in [-0.1, -0.05) is 19.3 Å². The number of rotatable bonds is 1. The van der Waals surface area contributed by atoms with E-state index in [1.807, 2.05) is 0 Å². The van der Waals surface area contributed by atoms with Gasteiger partial charge in [0.25, 0.3) is 0 Å². The molecule has 3 heterocycles. The lowest BCUT2D eigenvalue weighted by atomic mass is 9.88. The molecule has 3 aliphatic heterocycles. The third-order valence-electron chi connectivity index (χ3n) is 5.85. The van der Waals surface area contributed by atoms with Crippen molar-refractivity contribution in [3.05, 3.63) is 0 Å². The molecule has 6 nitrogen and oxygen atoms in total. The van der Waals surface area contributed by atoms with Gasteiger partial charge >= 0.3 is 6.18 Å². The first-order chi connectivity index (χ1) is 13.2. The number of halogens is 5. The molecule has 3 rings (SSSR count). The Bertz CT molecular complexity index is 512. The predicted molar refractivity (Wildman–Crippen MR) is 90.9 cm³/mol. The van der Waals surface area contributed by atoms with Crippen LogP contribution in [0.1, 0.15) is 45.4 Å². The summed E-state index contributed by atoms with van der Waals surface area (Å²) in [4.78, 5) is 0. The van der Waals surface area contributed by atoms with Gasteiger partial charge in [-0.15, -0.1) is 0 Å². The summed E-state index contributed by atoms with van der Waals surface area (Å²) < 4.78 is 79.0. The number of nitrogens with one attached hydrogen (secondary N) is 3. The van der Waals surface area contributed by atoms with Crippen LogP contribution in [0.4, 0.5) is 22.0 Å². The third-order valence-corrected chi connectivity index (χ3v) is 5.85. The van der Waals surface area contributed by atoms with E-state index in [0.717, 1.165) is 0 Å². The highest BCUT2D eigenvalue weighted by molar-refractivity contribution is 4.97. The summed E-state index contributed by atoms with van der Waals surface area (Å²) in [5, 5.41) is 2.96. The van der Waals surface area contributed by atoms with E-state index in [4.69, 9.17) is 15.2 Å². The van der Waals surface area contributed by atoms with Crippen LogP contribution in [0.2, 0.25) is 0 Å². The molecule has 3 fully saturated rings. The lowest BCUT2D eigenvalue weighted by molar-refractivity contribution is -0.213. The Hall–Kier alpha value is -0.590. The van der Waals surface area contributed by atoms with E-state index in [2.05, 4.69) is 16.2 Å². The molecule has 0 aromatic carbocycles. The van der Waals surface area contributed by atoms with E-state index in [0.29, 0.717) is 25.7 Å². The summed E-state index contributed by atoms with van der Waals surface area (Å²) in [7, 11) is 0. The number of hydrogen-bond donors (Lipinski definition) is 4. The van der Waals surface area contributed by atoms with Crippen molar-refractivity contribution >= 4 is 0 Å². The van der Waals surface area contributed by atoms with Crippen LogP contribution in [0.3, 0.4) is 0 Å². The number of hydrogen-bond acceptors (Lipinski definition) is 6. The van der Waals surface area contributed by atoms with Crippen molar-refractivity contribution in [1.82, 2.24) is 16.2 Å². The first kappa shape index (κ1) is 22.1. The third kappa shape index (κ3) is 5.11. The highest BCUT2D eigenvalue weighted by atomic mass is 19.4. The lowest BCUT2D eigenvalue weighted by Crippen LogP contribution is -2.66. The van der Waals surface area contributed by atoms with Crippen LogP contribution in [-0.2, 0) is 9.47 Å². The predicted octanol–water partition coefficient (Wildman–Crippen LogP) is 2.21. The molecule has 0 amide bonds. The average molecular weight is 416 g/mol. The lowest BCUT2D eigenvalue weighted by Gasteiger charge is -2.43. The Balaban J connectivity index is 1.80. The second-order valence-corrected chi connectivity index (χ2v) is 8.01. The molecule has 0 aromatic heterocycles. The number of hydrazine groups is 1. The maximum absolute atomic E-state index is 13.5. The van der Waals surface area contributed by atoms with Crippen LogP contribution in [0.5, 0.6) is 0 Å². The second-order valence-electron chi connectivity index (χ2n) is 8.01. The molecule has 8 atom stereocenters. The Kier molecular flexibility index (Phi) is 7.14. The van der Waals surface area contributed by atoms with Crippen molar-refractivity contribution in [1.29, 1.82) is 0 Å². The first-order valence-electron chi connectivity index (χ1n) is 9.85. The van der Waals surface area contributed by atoms with Gasteiger partial charge in [0.05, 0.1) is 24.0 Å². The zero-order valence-corrected chi connectivity index (χ0v) is 15.7. The van der Waals surface area contributed by atoms with Gasteiger partial charge in [0, 0.05) is 6.04 Å². The number of fused-ring (bicyclic) bond motifs is 5. The minimum Gasteiger partial charge on any atom is -0.360 e. The quantitative estimate of drug-likeness (QED) is 0.491. The molecule has 0 saturated carbocycles. The Morgan fingerprint density at radius 2 is 1.64 bits per heavy atom. The van der Waals surface area contributed by atoms with Gasteiger partial charge < -0.3 is 15.2 Å². The number of alkyl halides is 5. The van der Waals surface area contributed by atoms with Crippen molar-refractivity contribution in [2.24, 2.45) is 17.6 Å². The van der Waals surface area contributed by atoms with Gasteiger partial charge in [0.1, 0.15) is 18.7 Å². The molecule has 28 heavy (non-hydrogen) atoms. The van der Waals surface area contributed by atoms with Gasteiger partial charge in [-0.05, 0) is 26.2 Å². The van der Waals surface area contributed by atoms with Gasteiger partial charge in [-0.25, -0.2) is 19.6 Å². The smallest absolute Gasteiger partial charge is 0.360 e. The fourth-order valence-corrected chi connectivity index (χ4v) is 4.25. The molecule has 4 bridgehead atoms. The van der Waals surface area contributed by atoms with Crippen LogP contribution in [-0.4, -0.2) is 49.5 Å². The Morgan fingerprint density at radius 1 is 0.964 bits per heavy atom. The molecule has 0 spiro atoms. The van der Waals surface area contributed by atoms with E-state index >= 15 is 0 Å². The molecular formula is C17H29F5N4O2. The van der Waals surface area contributed by atoms with E-state index < -0.39 is 55.2 Å². The first-order valence-corrected chi connectivity index (χ1v) is 9.85. The summed E-state index contributed by atoms with van der Waals surface area (Å²) in [6.45, 7) is 1.79. The summed E-state index contributed by atoms with van der Waals surface area (Å²) in [6, 6.07) is -1.38. The summed E-state index contributed by atoms with van der Waals surface area (Å²) in [5.41, 5.74) is 11.4. The molecular weight excluding hydrogens is 387 g/mol. The maximum atomic E-state index is 13.5. The van der Waals surface area contributed by atoms with Crippen molar-refractivity contribution in [3.63, 3.8) is 0 Å². The van der Waals surface area contributed by atoms with Crippen molar-refractivity contribution in [2.45, 2.75) is 94.9 Å². The van der Waals surface area contributed by atoms with Gasteiger partial charge in [0.15, 0.2) is 0 Å². The molecule has 0 radical (unpaired) electrons. The molecule has 6 unspecified atom stereocenters. The second kappa shape index (κ2) is 9.05. The van der Waals surface area contributed by atoms with Crippen molar-refractivity contribution in [3.8, 4) is 0 Å². The topological polar surface area (TPSA) is 80.6 Å². The van der Waals surface area contributed by atoms with Gasteiger partial charge in [-0.3, -0.25) is 5.32 Å². The largest absolute Gasteiger partial charge is 0.395 e. The fourth-order valence-electron chi connectivity index (χ4n) is 4.25. The van der Waals surface area contributed by atoms with Crippen LogP contribution >= 0.6 is 0 Å². The molecule has 5 N–H and O–H groups in total. The summed E-state index contributed by atoms with van der Waals surface area (Å²) in [6.07, 6.45) is -8.19. The Morgan fingerprint density at radius 3 is 2.32 bits per heavy atom. The fraction of sp³-hybridized carbons (Fsp3) is 1.00. The SMILES string of the molecule is C[C@@H]1CCCCC[C@@H](C(F)(F)F)C2NNC(O2)C2NC(O1)C(C(F)F)CC2N. The average Bonchev–Trinajstić information content (AvgIpc) is 3.06. The van der Waals surface area contributed by atoms with Crippen molar-refractivity contribution in [2.75, 3.05) is 0 Å². The number of nitrogens with two attached hydrogens (primary N) is 1. The number of ether oxygens (including phenoxy) is 2. The van der Waals surface area contributed by atoms with Crippen LogP contribution in [0.15, 0.2) is 0 Å². The van der Waals surface area contributed by atoms with Gasteiger partial charge in [0.2, 0.25) is 6.43 Å². The molecule has 164 valence electrons. The normalized spacial score (nSPS) is 43.7. The summed E-state index contributed by atoms with van der Waals surface area (Å²) in [5.74, 6) is -2.75. The van der Waals surface area contributed by atoms with Crippen LogP contribution in [0.25, 0.3) is 0 Å². The number of piperidine rings is 1. The molecule has 0 aliphatic carbocycles. The monoisotopic (exact) mass is 416 g/mol. The van der Waals surface area contributed by atoms with E-state index in [9.17, 15) is 22.0 Å². The van der Waals surface area contributed by atoms with Gasteiger partial charge in [-0.2, -0.15) is 13.2 Å². The molecule has 3 saturated heterocycles. The van der Waals surface area contributed by atoms with Crippen LogP contribution in [0, 0.1) is 11.8 Å². The minimum absolute atomic E-state index is 0.0123. The van der Waals surface area contributed by atoms with E-state index in [1.54, 1.807) is 6.92 Å². The zero-order chi connectivity index (χ0) is 20.5. The zero-order valence-electron chi connectivity index (χ0n) is 15.7. The summed E-state index contributed by atoms with van der Waals surface area (Å²) >= 11 is 0. The van der Waals surface area contributed by atoms with E-state index in [-0.39, 0.29) is 18.9 Å². The maximum Gasteiger partial charge on any atom is 0.395 e. The minimum atomic E-state index is -4.41. The Labute approximate surface area is 161 Å².